The predicted molar refractivity (Wildman–Crippen MR) is 444 cm³/mol. The zero-order valence-corrected chi connectivity index (χ0v) is 73.5. The Kier molecular flexibility index (Phi) is 56.8. The van der Waals surface area contributed by atoms with E-state index in [0.29, 0.717) is 90.0 Å². The van der Waals surface area contributed by atoms with Gasteiger partial charge in [-0.2, -0.15) is 0 Å². The number of carbonyl (C=O) groups is 11. The van der Waals surface area contributed by atoms with Gasteiger partial charge in [-0.05, 0) is 84.5 Å². The molecule has 0 bridgehead atoms. The molecule has 0 aromatic carbocycles. The Morgan fingerprint density at radius 1 is 0.336 bits per heavy atom. The Hall–Kier alpha value is -6.67. The van der Waals surface area contributed by atoms with Gasteiger partial charge in [0.2, 0.25) is 65.0 Å². The Labute approximate surface area is 731 Å². The van der Waals surface area contributed by atoms with Gasteiger partial charge in [-0.1, -0.05) is 38.5 Å². The number of rotatable bonds is 68. The minimum absolute atomic E-state index is 0.0224. The first-order valence-corrected chi connectivity index (χ1v) is 44.3. The molecule has 125 heavy (non-hydrogen) atoms. The Morgan fingerprint density at radius 3 is 0.912 bits per heavy atom. The van der Waals surface area contributed by atoms with Crippen LogP contribution in [0, 0.1) is 0 Å². The third-order valence-electron chi connectivity index (χ3n) is 20.9. The summed E-state index contributed by atoms with van der Waals surface area (Å²) in [7, 11) is 0. The maximum absolute atomic E-state index is 14.1. The normalized spacial score (nSPS) is 25.3. The zero-order chi connectivity index (χ0) is 91.9. The van der Waals surface area contributed by atoms with E-state index in [-0.39, 0.29) is 216 Å². The van der Waals surface area contributed by atoms with Crippen LogP contribution in [-0.4, -0.2) is 370 Å². The van der Waals surface area contributed by atoms with Crippen molar-refractivity contribution in [1.29, 1.82) is 0 Å². The topological polar surface area (TPSA) is 624 Å². The van der Waals surface area contributed by atoms with Crippen LogP contribution < -0.4 is 58.5 Å². The number of nitrogens with one attached hydrogen (secondary N) is 11. The van der Waals surface area contributed by atoms with Crippen LogP contribution in [0.1, 0.15) is 202 Å². The molecule has 722 valence electrons. The lowest BCUT2D eigenvalue weighted by atomic mass is 9.97. The summed E-state index contributed by atoms with van der Waals surface area (Å²) in [5.41, 5.74) is -1.44. The van der Waals surface area contributed by atoms with Gasteiger partial charge in [0.25, 0.3) is 0 Å². The maximum atomic E-state index is 14.1. The van der Waals surface area contributed by atoms with Crippen LogP contribution in [0.4, 0.5) is 0 Å². The van der Waals surface area contributed by atoms with Crippen molar-refractivity contribution >= 4 is 65.0 Å². The predicted octanol–water partition coefficient (Wildman–Crippen LogP) is -4.72. The van der Waals surface area contributed by atoms with Gasteiger partial charge in [0.1, 0.15) is 84.7 Å². The van der Waals surface area contributed by atoms with Crippen LogP contribution in [0.25, 0.3) is 0 Å². The second kappa shape index (κ2) is 64.1. The molecule has 4 saturated heterocycles. The van der Waals surface area contributed by atoms with Gasteiger partial charge in [0.15, 0.2) is 18.9 Å². The summed E-state index contributed by atoms with van der Waals surface area (Å²) in [6.07, 6.45) is -5.61. The summed E-state index contributed by atoms with van der Waals surface area (Å²) in [4.78, 5) is 140. The zero-order valence-electron chi connectivity index (χ0n) is 73.5. The molecular weight excluding hydrogens is 1650 g/mol. The summed E-state index contributed by atoms with van der Waals surface area (Å²) < 4.78 is 64.0. The fourth-order valence-corrected chi connectivity index (χ4v) is 14.2. The van der Waals surface area contributed by atoms with Crippen LogP contribution in [0.5, 0.6) is 0 Å². The number of aliphatic hydroxyl groups is 10. The van der Waals surface area contributed by atoms with Gasteiger partial charge in [0, 0.05) is 144 Å². The van der Waals surface area contributed by atoms with E-state index in [9.17, 15) is 104 Å². The van der Waals surface area contributed by atoms with E-state index < -0.39 is 141 Å². The Bertz CT molecular complexity index is 2860. The van der Waals surface area contributed by atoms with Gasteiger partial charge in [-0.25, -0.2) is 0 Å². The molecule has 0 saturated carbocycles. The number of ether oxygens (including phenoxy) is 11. The van der Waals surface area contributed by atoms with E-state index >= 15 is 0 Å². The number of aliphatic hydroxyl groups excluding tert-OH is 10. The van der Waals surface area contributed by atoms with Crippen LogP contribution >= 0.6 is 0 Å². The van der Waals surface area contributed by atoms with Crippen molar-refractivity contribution in [2.24, 2.45) is 0 Å². The highest BCUT2D eigenvalue weighted by Gasteiger charge is 2.48. The molecule has 4 aliphatic heterocycles. The van der Waals surface area contributed by atoms with Gasteiger partial charge < -0.3 is 162 Å². The minimum Gasteiger partial charge on any atom is -0.394 e. The first-order chi connectivity index (χ1) is 59.9. The average Bonchev–Trinajstić information content (AvgIpc) is 1.65. The second-order valence-electron chi connectivity index (χ2n) is 32.2. The molecule has 43 nitrogen and oxygen atoms in total. The lowest BCUT2D eigenvalue weighted by molar-refractivity contribution is -0.270. The summed E-state index contributed by atoms with van der Waals surface area (Å²) in [5, 5.41) is 131. The monoisotopic (exact) mass is 1800 g/mol. The quantitative estimate of drug-likeness (QED) is 0.0254. The van der Waals surface area contributed by atoms with Crippen LogP contribution in [0.3, 0.4) is 0 Å². The molecular formula is C82H147N11O32. The van der Waals surface area contributed by atoms with Crippen LogP contribution in [0.2, 0.25) is 0 Å². The number of amides is 11. The van der Waals surface area contributed by atoms with Crippen molar-refractivity contribution in [3.63, 3.8) is 0 Å². The van der Waals surface area contributed by atoms with E-state index in [1.54, 1.807) is 0 Å². The third-order valence-corrected chi connectivity index (χ3v) is 20.9. The van der Waals surface area contributed by atoms with Crippen molar-refractivity contribution in [2.75, 3.05) is 132 Å². The van der Waals surface area contributed by atoms with Gasteiger partial charge in [-0.3, -0.25) is 52.7 Å². The molecule has 0 aromatic rings. The lowest BCUT2D eigenvalue weighted by Crippen LogP contribution is -2.64. The summed E-state index contributed by atoms with van der Waals surface area (Å²) in [6, 6.07) is -3.30. The smallest absolute Gasteiger partial charge is 0.222 e. The van der Waals surface area contributed by atoms with E-state index in [2.05, 4.69) is 58.5 Å². The molecule has 0 spiro atoms. The molecule has 0 aliphatic carbocycles. The van der Waals surface area contributed by atoms with Gasteiger partial charge in [-0.15, -0.1) is 0 Å². The standard InChI is InChI=1S/C82H147N11O32/c1-52(2)121-57-43-56(122-58(57)45-94)44-89-65(104)23-12-10-8-6-7-9-11-13-27-69(108)93-82(49-115-40-28-66(105)86-34-20-31-83-62(101)24-14-17-37-118-79-70(90-53(3)98)76(112)73(109)59(46-95)123-79,50-116-41-29-67(106)87-35-21-32-84-63(102)25-15-18-38-119-80-71(91-54(4)99)77(113)74(110)60(47-96)124-80)51-117-42-30-68(107)88-36-22-33-85-64(103)26-16-19-39-120-81-72(92-55(5)100)78(114)75(111)61(48-97)125-81/h52,56-61,70-81,94-97,109-114H,6-51H2,1-5H3,(H,83,101)(H,84,102)(H,85,103)(H,86,105)(H,87,106)(H,88,107)(H,89,104)(H,90,98)(H,91,99)(H,92,100)(H,93,108)/t56?,57-,58+,59?,60?,61?,70?,71?,72?,73?,74?,75?,76?,77?,78?,79?,80?,81?,82?/m1/s1. The highest BCUT2D eigenvalue weighted by Crippen LogP contribution is 2.28. The fraction of sp³-hybridized carbons (Fsp3) is 0.866. The van der Waals surface area contributed by atoms with Crippen molar-refractivity contribution in [2.45, 2.75) is 323 Å². The molecule has 16 unspecified atom stereocenters. The van der Waals surface area contributed by atoms with Gasteiger partial charge in [0.05, 0.1) is 84.4 Å². The molecule has 21 N–H and O–H groups in total. The van der Waals surface area contributed by atoms with Crippen molar-refractivity contribution in [3.05, 3.63) is 0 Å². The molecule has 18 atom stereocenters. The Balaban J connectivity index is 1.30. The molecule has 4 rings (SSSR count). The molecule has 4 aliphatic rings. The maximum Gasteiger partial charge on any atom is 0.222 e. The number of carbonyl (C=O) groups excluding carboxylic acids is 11. The Morgan fingerprint density at radius 2 is 0.616 bits per heavy atom. The highest BCUT2D eigenvalue weighted by molar-refractivity contribution is 5.79. The fourth-order valence-electron chi connectivity index (χ4n) is 14.2. The van der Waals surface area contributed by atoms with E-state index in [1.807, 2.05) is 13.8 Å². The average molecular weight is 1800 g/mol. The van der Waals surface area contributed by atoms with Crippen molar-refractivity contribution in [1.82, 2.24) is 58.5 Å². The molecule has 43 heteroatoms. The number of unbranched alkanes of at least 4 members (excludes halogenated alkanes) is 10. The van der Waals surface area contributed by atoms with E-state index in [1.165, 1.54) is 20.8 Å². The largest absolute Gasteiger partial charge is 0.394 e. The van der Waals surface area contributed by atoms with Gasteiger partial charge >= 0.3 is 0 Å². The lowest BCUT2D eigenvalue weighted by Gasteiger charge is -2.42. The van der Waals surface area contributed by atoms with Crippen LogP contribution in [0.15, 0.2) is 0 Å². The first kappa shape index (κ1) is 111. The summed E-state index contributed by atoms with van der Waals surface area (Å²) in [5.74, 6) is -3.83. The van der Waals surface area contributed by atoms with Crippen molar-refractivity contribution < 1.29 is 156 Å². The second-order valence-corrected chi connectivity index (χ2v) is 32.2. The summed E-state index contributed by atoms with van der Waals surface area (Å²) in [6.45, 7) is 6.27. The molecule has 0 aromatic heterocycles. The van der Waals surface area contributed by atoms with E-state index in [4.69, 9.17) is 52.1 Å². The molecule has 0 radical (unpaired) electrons. The van der Waals surface area contributed by atoms with Crippen LogP contribution in [-0.2, 0) is 105 Å². The molecule has 11 amide bonds. The minimum atomic E-state index is -1.47. The first-order valence-electron chi connectivity index (χ1n) is 44.3. The molecule has 4 fully saturated rings. The van der Waals surface area contributed by atoms with E-state index in [0.717, 1.165) is 38.5 Å². The number of hydrogen-bond acceptors (Lipinski definition) is 32. The SMILES string of the molecule is CC(=O)NC1C(OCCCCC(=O)NCCCNC(=O)CCOCC(COCCC(=O)NCCCNC(=O)CCCCOC2OC(CO)C(O)C(O)C2NC(C)=O)(COCCC(=O)NCCCNC(=O)CCCCOC2OC(CO)C(O)C(O)C2NC(C)=O)NC(=O)CCCCCCCCCCC(=O)NCC2C[C@@H](OC(C)C)[C@H](CO)O2)OC(CO)C(O)C1O. The third kappa shape index (κ3) is 45.9. The highest BCUT2D eigenvalue weighted by atomic mass is 16.7. The number of hydrogen-bond donors (Lipinski definition) is 21. The van der Waals surface area contributed by atoms with Crippen molar-refractivity contribution in [3.8, 4) is 0 Å². The summed E-state index contributed by atoms with van der Waals surface area (Å²) >= 11 is 0. The molecule has 4 heterocycles.